The van der Waals surface area contributed by atoms with E-state index in [0.717, 1.165) is 5.56 Å². The molecule has 7 nitrogen and oxygen atoms in total. The van der Waals surface area contributed by atoms with Gasteiger partial charge in [0.1, 0.15) is 10.6 Å². The number of aryl methyl sites for hydroxylation is 3. The standard InChI is InChI=1S/C21H29N3O4S/c1-14-5-7-18(8-6-14)13-22-21(25)15(2)19-9-11-24(12-10-19)29(26,27)20-16(3)23-28-17(20)4/h5-8,15,19H,9-13H2,1-4H3,(H,22,25)/t15-/m0/s1. The van der Waals surface area contributed by atoms with Crippen LogP contribution in [-0.2, 0) is 21.4 Å². The fourth-order valence-electron chi connectivity index (χ4n) is 3.86. The second-order valence-corrected chi connectivity index (χ2v) is 9.76. The van der Waals surface area contributed by atoms with Crippen LogP contribution in [0.25, 0.3) is 0 Å². The SMILES string of the molecule is Cc1ccc(CNC(=O)[C@@H](C)C2CCN(S(=O)(=O)c3c(C)noc3C)CC2)cc1. The van der Waals surface area contributed by atoms with Gasteiger partial charge in [0.2, 0.25) is 15.9 Å². The molecule has 2 aromatic rings. The molecule has 1 amide bonds. The van der Waals surface area contributed by atoms with E-state index in [2.05, 4.69) is 10.5 Å². The minimum atomic E-state index is -3.62. The van der Waals surface area contributed by atoms with Gasteiger partial charge < -0.3 is 9.84 Å². The summed E-state index contributed by atoms with van der Waals surface area (Å²) in [6, 6.07) is 8.08. The third-order valence-electron chi connectivity index (χ3n) is 5.77. The summed E-state index contributed by atoms with van der Waals surface area (Å²) < 4.78 is 32.4. The molecule has 3 rings (SSSR count). The van der Waals surface area contributed by atoms with Crippen molar-refractivity contribution < 1.29 is 17.7 Å². The molecule has 1 atom stereocenters. The van der Waals surface area contributed by atoms with Crippen LogP contribution in [-0.4, -0.2) is 36.9 Å². The Morgan fingerprint density at radius 3 is 2.38 bits per heavy atom. The number of carbonyl (C=O) groups is 1. The maximum atomic E-state index is 12.9. The molecule has 8 heteroatoms. The zero-order chi connectivity index (χ0) is 21.2. The number of hydrogen-bond donors (Lipinski definition) is 1. The normalized spacial score (nSPS) is 17.2. The molecular formula is C21H29N3O4S. The monoisotopic (exact) mass is 419 g/mol. The summed E-state index contributed by atoms with van der Waals surface area (Å²) in [7, 11) is -3.62. The number of sulfonamides is 1. The average Bonchev–Trinajstić information content (AvgIpc) is 3.05. The Morgan fingerprint density at radius 2 is 1.83 bits per heavy atom. The third-order valence-corrected chi connectivity index (χ3v) is 7.92. The molecule has 0 aliphatic carbocycles. The number of amides is 1. The predicted molar refractivity (Wildman–Crippen MR) is 110 cm³/mol. The highest BCUT2D eigenvalue weighted by Crippen LogP contribution is 2.30. The van der Waals surface area contributed by atoms with E-state index in [1.165, 1.54) is 9.87 Å². The maximum Gasteiger partial charge on any atom is 0.248 e. The summed E-state index contributed by atoms with van der Waals surface area (Å²) in [5.41, 5.74) is 2.64. The lowest BCUT2D eigenvalue weighted by molar-refractivity contribution is -0.126. The molecule has 0 radical (unpaired) electrons. The van der Waals surface area contributed by atoms with Crippen LogP contribution in [0.15, 0.2) is 33.7 Å². The second-order valence-electron chi connectivity index (χ2n) is 7.89. The van der Waals surface area contributed by atoms with Gasteiger partial charge in [-0.3, -0.25) is 4.79 Å². The fraction of sp³-hybridized carbons (Fsp3) is 0.524. The van der Waals surface area contributed by atoms with E-state index in [4.69, 9.17) is 4.52 Å². The Balaban J connectivity index is 1.55. The van der Waals surface area contributed by atoms with E-state index >= 15 is 0 Å². The molecule has 1 N–H and O–H groups in total. The summed E-state index contributed by atoms with van der Waals surface area (Å²) in [5.74, 6) is 0.319. The summed E-state index contributed by atoms with van der Waals surface area (Å²) >= 11 is 0. The molecule has 0 spiro atoms. The van der Waals surface area contributed by atoms with E-state index in [0.29, 0.717) is 43.9 Å². The Kier molecular flexibility index (Phi) is 6.43. The third kappa shape index (κ3) is 4.70. The van der Waals surface area contributed by atoms with Crippen LogP contribution in [0.2, 0.25) is 0 Å². The van der Waals surface area contributed by atoms with E-state index < -0.39 is 10.0 Å². The maximum absolute atomic E-state index is 12.9. The quantitative estimate of drug-likeness (QED) is 0.777. The minimum Gasteiger partial charge on any atom is -0.360 e. The number of piperidine rings is 1. The van der Waals surface area contributed by atoms with Crippen LogP contribution >= 0.6 is 0 Å². The van der Waals surface area contributed by atoms with Gasteiger partial charge in [-0.1, -0.05) is 41.9 Å². The van der Waals surface area contributed by atoms with Gasteiger partial charge in [-0.05, 0) is 45.1 Å². The van der Waals surface area contributed by atoms with E-state index in [1.54, 1.807) is 13.8 Å². The molecular weight excluding hydrogens is 390 g/mol. The zero-order valence-electron chi connectivity index (χ0n) is 17.4. The number of carbonyl (C=O) groups excluding carboxylic acids is 1. The zero-order valence-corrected chi connectivity index (χ0v) is 18.3. The van der Waals surface area contributed by atoms with Gasteiger partial charge in [0.05, 0.1) is 0 Å². The second kappa shape index (κ2) is 8.67. The summed E-state index contributed by atoms with van der Waals surface area (Å²) in [5, 5.41) is 6.76. The molecule has 1 aromatic carbocycles. The molecule has 1 fully saturated rings. The topological polar surface area (TPSA) is 92.5 Å². The first-order valence-electron chi connectivity index (χ1n) is 9.96. The molecule has 1 aliphatic heterocycles. The highest BCUT2D eigenvalue weighted by atomic mass is 32.2. The number of aromatic nitrogens is 1. The number of rotatable bonds is 6. The van der Waals surface area contributed by atoms with Crippen molar-refractivity contribution in [3.63, 3.8) is 0 Å². The van der Waals surface area contributed by atoms with Gasteiger partial charge >= 0.3 is 0 Å². The largest absolute Gasteiger partial charge is 0.360 e. The van der Waals surface area contributed by atoms with Crippen molar-refractivity contribution >= 4 is 15.9 Å². The van der Waals surface area contributed by atoms with Crippen molar-refractivity contribution in [3.8, 4) is 0 Å². The van der Waals surface area contributed by atoms with Crippen LogP contribution in [0.4, 0.5) is 0 Å². The minimum absolute atomic E-state index is 0.0117. The first kappa shape index (κ1) is 21.5. The lowest BCUT2D eigenvalue weighted by Gasteiger charge is -2.33. The molecule has 1 aromatic heterocycles. The smallest absolute Gasteiger partial charge is 0.248 e. The Labute approximate surface area is 172 Å². The Bertz CT molecular complexity index is 939. The van der Waals surface area contributed by atoms with Gasteiger partial charge in [0.25, 0.3) is 0 Å². The van der Waals surface area contributed by atoms with Crippen LogP contribution in [0.3, 0.4) is 0 Å². The number of benzene rings is 1. The molecule has 0 unspecified atom stereocenters. The molecule has 29 heavy (non-hydrogen) atoms. The molecule has 2 heterocycles. The molecule has 158 valence electrons. The number of hydrogen-bond acceptors (Lipinski definition) is 5. The fourth-order valence-corrected chi connectivity index (χ4v) is 5.62. The number of nitrogens with zero attached hydrogens (tertiary/aromatic N) is 2. The average molecular weight is 420 g/mol. The Morgan fingerprint density at radius 1 is 1.21 bits per heavy atom. The van der Waals surface area contributed by atoms with Gasteiger partial charge in [0, 0.05) is 25.6 Å². The van der Waals surface area contributed by atoms with Crippen molar-refractivity contribution in [1.29, 1.82) is 0 Å². The lowest BCUT2D eigenvalue weighted by Crippen LogP contribution is -2.42. The van der Waals surface area contributed by atoms with Crippen molar-refractivity contribution in [3.05, 3.63) is 46.8 Å². The van der Waals surface area contributed by atoms with Crippen LogP contribution in [0.1, 0.15) is 42.3 Å². The summed E-state index contributed by atoms with van der Waals surface area (Å²) in [6.07, 6.45) is 1.31. The van der Waals surface area contributed by atoms with Crippen LogP contribution in [0.5, 0.6) is 0 Å². The van der Waals surface area contributed by atoms with Gasteiger partial charge in [-0.2, -0.15) is 4.31 Å². The van der Waals surface area contributed by atoms with Crippen molar-refractivity contribution in [2.24, 2.45) is 11.8 Å². The van der Waals surface area contributed by atoms with E-state index in [1.807, 2.05) is 38.1 Å². The van der Waals surface area contributed by atoms with Crippen LogP contribution < -0.4 is 5.32 Å². The van der Waals surface area contributed by atoms with Gasteiger partial charge in [0.15, 0.2) is 5.76 Å². The van der Waals surface area contributed by atoms with Crippen LogP contribution in [0, 0.1) is 32.6 Å². The summed E-state index contributed by atoms with van der Waals surface area (Å²) in [6.45, 7) is 8.50. The highest BCUT2D eigenvalue weighted by molar-refractivity contribution is 7.89. The molecule has 0 saturated carbocycles. The lowest BCUT2D eigenvalue weighted by atomic mass is 9.85. The number of nitrogens with one attached hydrogen (secondary N) is 1. The first-order valence-corrected chi connectivity index (χ1v) is 11.4. The predicted octanol–water partition coefficient (Wildman–Crippen LogP) is 2.95. The van der Waals surface area contributed by atoms with E-state index in [9.17, 15) is 13.2 Å². The van der Waals surface area contributed by atoms with Crippen molar-refractivity contribution in [1.82, 2.24) is 14.8 Å². The highest BCUT2D eigenvalue weighted by Gasteiger charge is 2.36. The summed E-state index contributed by atoms with van der Waals surface area (Å²) in [4.78, 5) is 12.7. The van der Waals surface area contributed by atoms with Gasteiger partial charge in [-0.15, -0.1) is 0 Å². The van der Waals surface area contributed by atoms with Crippen molar-refractivity contribution in [2.75, 3.05) is 13.1 Å². The van der Waals surface area contributed by atoms with E-state index in [-0.39, 0.29) is 22.6 Å². The molecule has 0 bridgehead atoms. The van der Waals surface area contributed by atoms with Crippen molar-refractivity contribution in [2.45, 2.75) is 52.0 Å². The first-order chi connectivity index (χ1) is 13.7. The van der Waals surface area contributed by atoms with Gasteiger partial charge in [-0.25, -0.2) is 8.42 Å². The molecule has 1 aliphatic rings. The Hall–Kier alpha value is -2.19. The molecule has 1 saturated heterocycles.